The maximum atomic E-state index is 12.8. The zero-order chi connectivity index (χ0) is 50.0. The first-order chi connectivity index (χ1) is 34.0. The lowest BCUT2D eigenvalue weighted by molar-refractivity contribution is -0.167. The summed E-state index contributed by atoms with van der Waals surface area (Å²) in [6.45, 7) is 6.52. The molecule has 0 N–H and O–H groups in total. The van der Waals surface area contributed by atoms with E-state index in [1.165, 1.54) is 180 Å². The van der Waals surface area contributed by atoms with E-state index in [4.69, 9.17) is 14.2 Å². The molecular formula is C63H112O6. The van der Waals surface area contributed by atoms with Gasteiger partial charge in [0.25, 0.3) is 0 Å². The molecule has 0 saturated heterocycles. The van der Waals surface area contributed by atoms with Gasteiger partial charge in [0.2, 0.25) is 0 Å². The number of hydrogen-bond acceptors (Lipinski definition) is 6. The zero-order valence-electron chi connectivity index (χ0n) is 45.8. The van der Waals surface area contributed by atoms with Crippen molar-refractivity contribution in [3.63, 3.8) is 0 Å². The first-order valence-electron chi connectivity index (χ1n) is 29.8. The van der Waals surface area contributed by atoms with Crippen LogP contribution in [0.2, 0.25) is 0 Å². The average molecular weight is 966 g/mol. The predicted octanol–water partition coefficient (Wildman–Crippen LogP) is 20.0. The molecule has 0 bridgehead atoms. The van der Waals surface area contributed by atoms with Crippen LogP contribution in [0.15, 0.2) is 60.8 Å². The van der Waals surface area contributed by atoms with Crippen LogP contribution in [-0.4, -0.2) is 37.2 Å². The van der Waals surface area contributed by atoms with Crippen LogP contribution in [0, 0.1) is 0 Å². The summed E-state index contributed by atoms with van der Waals surface area (Å²) in [5.74, 6) is -0.934. The SMILES string of the molecule is CC/C=C\C/C=C\C/C=C\C/C=C\C/C=C\CCCC(=O)OC(COC(=O)CCCCCCCCCCCCCCCCC)COC(=O)CCCCCCCCCCCCCCCCCCCCC. The fourth-order valence-electron chi connectivity index (χ4n) is 8.60. The standard InChI is InChI=1S/C63H112O6/c1-4-7-10-13-16-19-22-25-28-30-31-33-35-38-41-44-47-50-53-56-62(65)68-59-60(58-67-61(64)55-52-49-46-43-40-37-34-27-24-21-18-15-12-9-6-3)69-63(66)57-54-51-48-45-42-39-36-32-29-26-23-20-17-14-11-8-5-2/h8,11,17,20,26,29,36,39,45,48,60H,4-7,9-10,12-16,18-19,21-25,27-28,30-35,37-38,40-44,46-47,49-59H2,1-3H3/b11-8-,20-17-,29-26-,39-36-,48-45-. The fourth-order valence-corrected chi connectivity index (χ4v) is 8.60. The summed E-state index contributed by atoms with van der Waals surface area (Å²) in [6.07, 6.45) is 72.2. The lowest BCUT2D eigenvalue weighted by atomic mass is 10.0. The lowest BCUT2D eigenvalue weighted by Crippen LogP contribution is -2.30. The van der Waals surface area contributed by atoms with E-state index >= 15 is 0 Å². The van der Waals surface area contributed by atoms with Crippen molar-refractivity contribution >= 4 is 17.9 Å². The zero-order valence-corrected chi connectivity index (χ0v) is 45.8. The van der Waals surface area contributed by atoms with Crippen molar-refractivity contribution in [2.45, 2.75) is 309 Å². The molecule has 6 heteroatoms. The summed E-state index contributed by atoms with van der Waals surface area (Å²) in [7, 11) is 0. The van der Waals surface area contributed by atoms with Gasteiger partial charge < -0.3 is 14.2 Å². The van der Waals surface area contributed by atoms with Gasteiger partial charge in [0.15, 0.2) is 6.10 Å². The first kappa shape index (κ1) is 66.1. The molecule has 69 heavy (non-hydrogen) atoms. The van der Waals surface area contributed by atoms with Gasteiger partial charge in [-0.25, -0.2) is 0 Å². The van der Waals surface area contributed by atoms with Crippen molar-refractivity contribution in [2.75, 3.05) is 13.2 Å². The number of ether oxygens (including phenoxy) is 3. The molecular weight excluding hydrogens is 853 g/mol. The molecule has 0 rings (SSSR count). The van der Waals surface area contributed by atoms with Crippen LogP contribution in [0.3, 0.4) is 0 Å². The number of rotatable bonds is 54. The van der Waals surface area contributed by atoms with Crippen LogP contribution >= 0.6 is 0 Å². The van der Waals surface area contributed by atoms with Crippen molar-refractivity contribution in [1.29, 1.82) is 0 Å². The van der Waals surface area contributed by atoms with Crippen molar-refractivity contribution in [2.24, 2.45) is 0 Å². The number of allylic oxidation sites excluding steroid dienone is 10. The van der Waals surface area contributed by atoms with Crippen LogP contribution in [0.25, 0.3) is 0 Å². The molecule has 0 aliphatic rings. The molecule has 0 aromatic heterocycles. The summed E-state index contributed by atoms with van der Waals surface area (Å²) >= 11 is 0. The molecule has 1 unspecified atom stereocenters. The van der Waals surface area contributed by atoms with Crippen LogP contribution in [0.5, 0.6) is 0 Å². The lowest BCUT2D eigenvalue weighted by Gasteiger charge is -2.18. The third-order valence-electron chi connectivity index (χ3n) is 13.0. The monoisotopic (exact) mass is 965 g/mol. The summed E-state index contributed by atoms with van der Waals surface area (Å²) in [5, 5.41) is 0. The molecule has 0 aliphatic heterocycles. The van der Waals surface area contributed by atoms with Gasteiger partial charge in [-0.1, -0.05) is 287 Å². The topological polar surface area (TPSA) is 78.9 Å². The molecule has 0 fully saturated rings. The maximum absolute atomic E-state index is 12.8. The highest BCUT2D eigenvalue weighted by atomic mass is 16.6. The molecule has 0 aromatic carbocycles. The molecule has 0 saturated carbocycles. The summed E-state index contributed by atoms with van der Waals surface area (Å²) in [6, 6.07) is 0. The smallest absolute Gasteiger partial charge is 0.306 e. The second-order valence-corrected chi connectivity index (χ2v) is 19.9. The van der Waals surface area contributed by atoms with Crippen LogP contribution in [-0.2, 0) is 28.6 Å². The Balaban J connectivity index is 4.41. The third kappa shape index (κ3) is 55.9. The Kier molecular flexibility index (Phi) is 55.3. The van der Waals surface area contributed by atoms with E-state index in [0.717, 1.165) is 77.0 Å². The highest BCUT2D eigenvalue weighted by Gasteiger charge is 2.19. The van der Waals surface area contributed by atoms with E-state index in [9.17, 15) is 14.4 Å². The average Bonchev–Trinajstić information content (AvgIpc) is 3.35. The Morgan fingerprint density at radius 3 is 0.870 bits per heavy atom. The van der Waals surface area contributed by atoms with Crippen molar-refractivity contribution in [3.05, 3.63) is 60.8 Å². The Bertz CT molecular complexity index is 1250. The number of unbranched alkanes of at least 4 members (excludes halogenated alkanes) is 33. The quantitative estimate of drug-likeness (QED) is 0.0262. The van der Waals surface area contributed by atoms with Crippen LogP contribution in [0.4, 0.5) is 0 Å². The predicted molar refractivity (Wildman–Crippen MR) is 298 cm³/mol. The Morgan fingerprint density at radius 1 is 0.304 bits per heavy atom. The van der Waals surface area contributed by atoms with E-state index in [2.05, 4.69) is 81.5 Å². The summed E-state index contributed by atoms with van der Waals surface area (Å²) in [5.41, 5.74) is 0. The van der Waals surface area contributed by atoms with E-state index < -0.39 is 6.10 Å². The van der Waals surface area contributed by atoms with Crippen LogP contribution in [0.1, 0.15) is 303 Å². The molecule has 6 nitrogen and oxygen atoms in total. The highest BCUT2D eigenvalue weighted by Crippen LogP contribution is 2.17. The molecule has 1 atom stereocenters. The Labute approximate surface area is 428 Å². The van der Waals surface area contributed by atoms with Crippen molar-refractivity contribution in [3.8, 4) is 0 Å². The molecule has 0 aromatic rings. The van der Waals surface area contributed by atoms with E-state index in [1.807, 2.05) is 0 Å². The van der Waals surface area contributed by atoms with Gasteiger partial charge in [-0.3, -0.25) is 14.4 Å². The Hall–Kier alpha value is -2.89. The van der Waals surface area contributed by atoms with Crippen LogP contribution < -0.4 is 0 Å². The molecule has 0 spiro atoms. The first-order valence-corrected chi connectivity index (χ1v) is 29.8. The van der Waals surface area contributed by atoms with Gasteiger partial charge in [0, 0.05) is 19.3 Å². The minimum Gasteiger partial charge on any atom is -0.462 e. The van der Waals surface area contributed by atoms with Gasteiger partial charge in [0.1, 0.15) is 13.2 Å². The summed E-state index contributed by atoms with van der Waals surface area (Å²) < 4.78 is 16.8. The van der Waals surface area contributed by atoms with Gasteiger partial charge in [-0.15, -0.1) is 0 Å². The minimum absolute atomic E-state index is 0.0926. The van der Waals surface area contributed by atoms with E-state index in [1.54, 1.807) is 0 Å². The number of carbonyl (C=O) groups excluding carboxylic acids is 3. The normalized spacial score (nSPS) is 12.4. The third-order valence-corrected chi connectivity index (χ3v) is 13.0. The number of hydrogen-bond donors (Lipinski definition) is 0. The largest absolute Gasteiger partial charge is 0.462 e. The molecule has 0 aliphatic carbocycles. The summed E-state index contributed by atoms with van der Waals surface area (Å²) in [4.78, 5) is 38.2. The molecule has 0 heterocycles. The Morgan fingerprint density at radius 2 is 0.565 bits per heavy atom. The number of carbonyl (C=O) groups is 3. The van der Waals surface area contributed by atoms with Crippen molar-refractivity contribution < 1.29 is 28.6 Å². The van der Waals surface area contributed by atoms with Crippen molar-refractivity contribution in [1.82, 2.24) is 0 Å². The van der Waals surface area contributed by atoms with Gasteiger partial charge in [-0.05, 0) is 57.8 Å². The van der Waals surface area contributed by atoms with E-state index in [0.29, 0.717) is 19.3 Å². The number of esters is 3. The van der Waals surface area contributed by atoms with E-state index in [-0.39, 0.29) is 37.5 Å². The second kappa shape index (κ2) is 57.7. The van der Waals surface area contributed by atoms with Gasteiger partial charge in [-0.2, -0.15) is 0 Å². The highest BCUT2D eigenvalue weighted by molar-refractivity contribution is 5.71. The van der Waals surface area contributed by atoms with Gasteiger partial charge >= 0.3 is 17.9 Å². The minimum atomic E-state index is -0.801. The fraction of sp³-hybridized carbons (Fsp3) is 0.794. The van der Waals surface area contributed by atoms with Gasteiger partial charge in [0.05, 0.1) is 0 Å². The molecule has 0 radical (unpaired) electrons. The maximum Gasteiger partial charge on any atom is 0.306 e. The molecule has 400 valence electrons. The second-order valence-electron chi connectivity index (χ2n) is 19.9. The molecule has 0 amide bonds.